The van der Waals surface area contributed by atoms with Crippen molar-refractivity contribution >= 4 is 29.7 Å². The van der Waals surface area contributed by atoms with Crippen molar-refractivity contribution in [1.82, 2.24) is 0 Å². The average Bonchev–Trinajstić information content (AvgIpc) is 2.33. The number of benzene rings is 1. The number of carbonyl (C=O) groups is 1. The molecule has 1 aromatic rings. The van der Waals surface area contributed by atoms with Gasteiger partial charge in [-0.3, -0.25) is 4.79 Å². The summed E-state index contributed by atoms with van der Waals surface area (Å²) in [5.74, 6) is 0.434. The highest BCUT2D eigenvalue weighted by atomic mass is 35.5. The Labute approximate surface area is 127 Å². The number of hydrogen-bond acceptors (Lipinski definition) is 3. The number of nitrogens with two attached hydrogens (primary N) is 1. The van der Waals surface area contributed by atoms with Gasteiger partial charge in [0, 0.05) is 18.0 Å². The van der Waals surface area contributed by atoms with E-state index in [4.69, 9.17) is 10.5 Å². The first-order valence-corrected chi connectivity index (χ1v) is 6.68. The summed E-state index contributed by atoms with van der Waals surface area (Å²) in [5.41, 5.74) is 8.07. The van der Waals surface area contributed by atoms with Crippen molar-refractivity contribution in [3.63, 3.8) is 0 Å². The summed E-state index contributed by atoms with van der Waals surface area (Å²) in [5, 5.41) is 2.84. The molecule has 0 aliphatic carbocycles. The van der Waals surface area contributed by atoms with Crippen LogP contribution in [0.5, 0.6) is 0 Å². The fourth-order valence-electron chi connectivity index (χ4n) is 1.56. The Morgan fingerprint density at radius 2 is 2.00 bits per heavy atom. The number of nitrogen functional groups attached to an aromatic ring is 1. The number of rotatable bonds is 6. The predicted octanol–water partition coefficient (Wildman–Crippen LogP) is 3.39. The van der Waals surface area contributed by atoms with E-state index in [1.807, 2.05) is 19.1 Å². The SMILES string of the molecule is Cc1ccc(N)cc1NC(=O)C(C)OCCC(C)C.Cl. The minimum absolute atomic E-state index is 0. The number of carbonyl (C=O) groups excluding carboxylic acids is 1. The average molecular weight is 301 g/mol. The summed E-state index contributed by atoms with van der Waals surface area (Å²) < 4.78 is 5.51. The van der Waals surface area contributed by atoms with Crippen LogP contribution in [-0.4, -0.2) is 18.6 Å². The maximum atomic E-state index is 12.0. The van der Waals surface area contributed by atoms with E-state index in [-0.39, 0.29) is 18.3 Å². The molecule has 20 heavy (non-hydrogen) atoms. The molecule has 4 nitrogen and oxygen atoms in total. The smallest absolute Gasteiger partial charge is 0.253 e. The van der Waals surface area contributed by atoms with Crippen molar-refractivity contribution in [2.75, 3.05) is 17.7 Å². The van der Waals surface area contributed by atoms with E-state index in [1.165, 1.54) is 0 Å². The Morgan fingerprint density at radius 3 is 2.60 bits per heavy atom. The minimum Gasteiger partial charge on any atom is -0.399 e. The third-order valence-corrected chi connectivity index (χ3v) is 2.95. The van der Waals surface area contributed by atoms with Crippen LogP contribution in [0.25, 0.3) is 0 Å². The predicted molar refractivity (Wildman–Crippen MR) is 86.3 cm³/mol. The molecule has 0 saturated heterocycles. The lowest BCUT2D eigenvalue weighted by Gasteiger charge is -2.15. The van der Waals surface area contributed by atoms with Gasteiger partial charge in [0.25, 0.3) is 5.91 Å². The van der Waals surface area contributed by atoms with Crippen molar-refractivity contribution in [2.45, 2.75) is 40.2 Å². The summed E-state index contributed by atoms with van der Waals surface area (Å²) in [6.07, 6.45) is 0.495. The zero-order valence-corrected chi connectivity index (χ0v) is 13.4. The van der Waals surface area contributed by atoms with Gasteiger partial charge in [-0.2, -0.15) is 0 Å². The number of ether oxygens (including phenoxy) is 1. The number of halogens is 1. The molecule has 0 spiro atoms. The quantitative estimate of drug-likeness (QED) is 0.792. The van der Waals surface area contributed by atoms with Crippen LogP contribution in [0, 0.1) is 12.8 Å². The van der Waals surface area contributed by atoms with Crippen LogP contribution in [0.15, 0.2) is 18.2 Å². The molecular weight excluding hydrogens is 276 g/mol. The molecule has 1 unspecified atom stereocenters. The van der Waals surface area contributed by atoms with E-state index >= 15 is 0 Å². The van der Waals surface area contributed by atoms with E-state index in [0.717, 1.165) is 17.7 Å². The first kappa shape index (κ1) is 18.7. The summed E-state index contributed by atoms with van der Waals surface area (Å²) in [7, 11) is 0. The molecule has 0 heterocycles. The molecule has 0 fully saturated rings. The molecule has 1 rings (SSSR count). The fraction of sp³-hybridized carbons (Fsp3) is 0.533. The fourth-order valence-corrected chi connectivity index (χ4v) is 1.56. The summed E-state index contributed by atoms with van der Waals surface area (Å²) >= 11 is 0. The molecule has 114 valence electrons. The lowest BCUT2D eigenvalue weighted by Crippen LogP contribution is -2.28. The normalized spacial score (nSPS) is 11.8. The van der Waals surface area contributed by atoms with Crippen LogP contribution in [-0.2, 0) is 9.53 Å². The van der Waals surface area contributed by atoms with Gasteiger partial charge >= 0.3 is 0 Å². The van der Waals surface area contributed by atoms with Gasteiger partial charge in [0.2, 0.25) is 0 Å². The van der Waals surface area contributed by atoms with E-state index in [0.29, 0.717) is 18.2 Å². The Kier molecular flexibility index (Phi) is 8.26. The van der Waals surface area contributed by atoms with Crippen LogP contribution < -0.4 is 11.1 Å². The minimum atomic E-state index is -0.459. The van der Waals surface area contributed by atoms with Crippen LogP contribution in [0.3, 0.4) is 0 Å². The highest BCUT2D eigenvalue weighted by Crippen LogP contribution is 2.18. The van der Waals surface area contributed by atoms with Crippen molar-refractivity contribution in [2.24, 2.45) is 5.92 Å². The molecule has 0 aliphatic rings. The Balaban J connectivity index is 0.00000361. The van der Waals surface area contributed by atoms with Gasteiger partial charge in [-0.1, -0.05) is 19.9 Å². The van der Waals surface area contributed by atoms with Gasteiger partial charge in [-0.15, -0.1) is 12.4 Å². The zero-order valence-electron chi connectivity index (χ0n) is 12.6. The van der Waals surface area contributed by atoms with Gasteiger partial charge in [-0.05, 0) is 43.9 Å². The number of amides is 1. The van der Waals surface area contributed by atoms with E-state index in [9.17, 15) is 4.79 Å². The monoisotopic (exact) mass is 300 g/mol. The maximum Gasteiger partial charge on any atom is 0.253 e. The molecule has 1 aromatic carbocycles. The highest BCUT2D eigenvalue weighted by molar-refractivity contribution is 5.95. The Hall–Kier alpha value is -1.26. The lowest BCUT2D eigenvalue weighted by molar-refractivity contribution is -0.126. The highest BCUT2D eigenvalue weighted by Gasteiger charge is 2.14. The molecule has 1 amide bonds. The zero-order chi connectivity index (χ0) is 14.4. The second kappa shape index (κ2) is 8.82. The second-order valence-corrected chi connectivity index (χ2v) is 5.26. The molecule has 0 aliphatic heterocycles. The van der Waals surface area contributed by atoms with E-state index in [2.05, 4.69) is 19.2 Å². The number of nitrogens with one attached hydrogen (secondary N) is 1. The molecule has 5 heteroatoms. The topological polar surface area (TPSA) is 64.3 Å². The molecule has 0 bridgehead atoms. The number of anilines is 2. The van der Waals surface area contributed by atoms with Crippen LogP contribution >= 0.6 is 12.4 Å². The van der Waals surface area contributed by atoms with Crippen molar-refractivity contribution in [3.8, 4) is 0 Å². The van der Waals surface area contributed by atoms with Crippen molar-refractivity contribution in [3.05, 3.63) is 23.8 Å². The molecule has 3 N–H and O–H groups in total. The lowest BCUT2D eigenvalue weighted by atomic mass is 10.1. The third kappa shape index (κ3) is 6.26. The third-order valence-electron chi connectivity index (χ3n) is 2.95. The molecule has 0 radical (unpaired) electrons. The van der Waals surface area contributed by atoms with Gasteiger partial charge in [0.1, 0.15) is 6.10 Å². The number of hydrogen-bond donors (Lipinski definition) is 2. The Bertz CT molecular complexity index is 436. The maximum absolute atomic E-state index is 12.0. The van der Waals surface area contributed by atoms with E-state index in [1.54, 1.807) is 13.0 Å². The standard InChI is InChI=1S/C15H24N2O2.ClH/c1-10(2)7-8-19-12(4)15(18)17-14-9-13(16)6-5-11(14)3;/h5-6,9-10,12H,7-8,16H2,1-4H3,(H,17,18);1H. The van der Waals surface area contributed by atoms with Crippen LogP contribution in [0.4, 0.5) is 11.4 Å². The van der Waals surface area contributed by atoms with E-state index < -0.39 is 6.10 Å². The summed E-state index contributed by atoms with van der Waals surface area (Å²) in [6, 6.07) is 5.46. The second-order valence-electron chi connectivity index (χ2n) is 5.26. The van der Waals surface area contributed by atoms with Gasteiger partial charge < -0.3 is 15.8 Å². The van der Waals surface area contributed by atoms with Crippen molar-refractivity contribution in [1.29, 1.82) is 0 Å². The molecular formula is C15H25ClN2O2. The molecule has 1 atom stereocenters. The van der Waals surface area contributed by atoms with Gasteiger partial charge in [0.15, 0.2) is 0 Å². The first-order chi connectivity index (χ1) is 8.90. The summed E-state index contributed by atoms with van der Waals surface area (Å²) in [4.78, 5) is 12.0. The summed E-state index contributed by atoms with van der Waals surface area (Å²) in [6.45, 7) is 8.55. The number of aryl methyl sites for hydroxylation is 1. The van der Waals surface area contributed by atoms with Gasteiger partial charge in [-0.25, -0.2) is 0 Å². The molecule has 0 saturated carbocycles. The van der Waals surface area contributed by atoms with Gasteiger partial charge in [0.05, 0.1) is 0 Å². The Morgan fingerprint density at radius 1 is 1.35 bits per heavy atom. The van der Waals surface area contributed by atoms with Crippen LogP contribution in [0.2, 0.25) is 0 Å². The first-order valence-electron chi connectivity index (χ1n) is 6.68. The largest absolute Gasteiger partial charge is 0.399 e. The van der Waals surface area contributed by atoms with Crippen LogP contribution in [0.1, 0.15) is 32.8 Å². The van der Waals surface area contributed by atoms with Crippen molar-refractivity contribution < 1.29 is 9.53 Å². The molecule has 0 aromatic heterocycles.